The molecule has 4 nitrogen and oxygen atoms in total. The first-order chi connectivity index (χ1) is 9.80. The van der Waals surface area contributed by atoms with Crippen LogP contribution < -0.4 is 5.32 Å². The van der Waals surface area contributed by atoms with Crippen LogP contribution in [0.5, 0.6) is 0 Å². The zero-order valence-corrected chi connectivity index (χ0v) is 12.7. The van der Waals surface area contributed by atoms with Crippen LogP contribution in [0.4, 0.5) is 0 Å². The molecule has 1 amide bonds. The van der Waals surface area contributed by atoms with E-state index in [1.54, 1.807) is 6.07 Å². The highest BCUT2D eigenvalue weighted by atomic mass is 16.2. The van der Waals surface area contributed by atoms with Gasteiger partial charge < -0.3 is 5.32 Å². The summed E-state index contributed by atoms with van der Waals surface area (Å²) >= 11 is 0. The van der Waals surface area contributed by atoms with Crippen molar-refractivity contribution in [2.45, 2.75) is 33.6 Å². The molecule has 112 valence electrons. The number of rotatable bonds is 4. The standard InChI is InChI=1S/C17H21NO3/c1-17(2,3)16(21)18-9-8-14(19)13-10-11-6-4-5-7-12(11)15(13)20/h4-7,13H,8-10H2,1-3H3,(H,18,21). The summed E-state index contributed by atoms with van der Waals surface area (Å²) in [6.07, 6.45) is 0.688. The van der Waals surface area contributed by atoms with Crippen molar-refractivity contribution >= 4 is 17.5 Å². The Morgan fingerprint density at radius 2 is 1.90 bits per heavy atom. The van der Waals surface area contributed by atoms with Crippen LogP contribution in [-0.4, -0.2) is 24.0 Å². The number of carbonyl (C=O) groups is 3. The van der Waals surface area contributed by atoms with Crippen LogP contribution in [0.15, 0.2) is 24.3 Å². The second-order valence-electron chi connectivity index (χ2n) is 6.50. The number of Topliss-reactive ketones (excluding diaryl/α,β-unsaturated/α-hetero) is 2. The highest BCUT2D eigenvalue weighted by Gasteiger charge is 2.34. The first kappa shape index (κ1) is 15.4. The fraction of sp³-hybridized carbons (Fsp3) is 0.471. The van der Waals surface area contributed by atoms with Gasteiger partial charge in [0.15, 0.2) is 5.78 Å². The number of fused-ring (bicyclic) bond motifs is 1. The maximum Gasteiger partial charge on any atom is 0.225 e. The molecular formula is C17H21NO3. The Labute approximate surface area is 124 Å². The van der Waals surface area contributed by atoms with Crippen molar-refractivity contribution in [3.8, 4) is 0 Å². The number of benzene rings is 1. The average Bonchev–Trinajstić information content (AvgIpc) is 2.75. The van der Waals surface area contributed by atoms with E-state index in [1.807, 2.05) is 39.0 Å². The molecule has 1 atom stereocenters. The van der Waals surface area contributed by atoms with Crippen LogP contribution >= 0.6 is 0 Å². The van der Waals surface area contributed by atoms with E-state index >= 15 is 0 Å². The molecule has 1 aliphatic rings. The first-order valence-electron chi connectivity index (χ1n) is 7.24. The van der Waals surface area contributed by atoms with Gasteiger partial charge in [0.05, 0.1) is 5.92 Å². The van der Waals surface area contributed by atoms with Gasteiger partial charge in [0.2, 0.25) is 5.91 Å². The van der Waals surface area contributed by atoms with E-state index in [9.17, 15) is 14.4 Å². The van der Waals surface area contributed by atoms with E-state index in [0.29, 0.717) is 12.0 Å². The number of amides is 1. The van der Waals surface area contributed by atoms with Crippen LogP contribution in [0.3, 0.4) is 0 Å². The third-order valence-corrected chi connectivity index (χ3v) is 3.75. The second kappa shape index (κ2) is 5.80. The predicted molar refractivity (Wildman–Crippen MR) is 80.1 cm³/mol. The summed E-state index contributed by atoms with van der Waals surface area (Å²) in [6, 6.07) is 7.35. The first-order valence-corrected chi connectivity index (χ1v) is 7.24. The van der Waals surface area contributed by atoms with Crippen molar-refractivity contribution in [2.75, 3.05) is 6.54 Å². The highest BCUT2D eigenvalue weighted by Crippen LogP contribution is 2.27. The zero-order chi connectivity index (χ0) is 15.6. The van der Waals surface area contributed by atoms with Gasteiger partial charge in [-0.3, -0.25) is 14.4 Å². The van der Waals surface area contributed by atoms with Crippen molar-refractivity contribution in [3.05, 3.63) is 35.4 Å². The lowest BCUT2D eigenvalue weighted by Crippen LogP contribution is -2.36. The van der Waals surface area contributed by atoms with E-state index in [4.69, 9.17) is 0 Å². The number of carbonyl (C=O) groups excluding carboxylic acids is 3. The molecule has 2 rings (SSSR count). The molecule has 0 saturated carbocycles. The Balaban J connectivity index is 1.89. The maximum atomic E-state index is 12.2. The van der Waals surface area contributed by atoms with Gasteiger partial charge in [-0.2, -0.15) is 0 Å². The molecule has 1 unspecified atom stereocenters. The van der Waals surface area contributed by atoms with Crippen LogP contribution in [-0.2, 0) is 16.0 Å². The van der Waals surface area contributed by atoms with E-state index in [2.05, 4.69) is 5.32 Å². The molecule has 0 bridgehead atoms. The van der Waals surface area contributed by atoms with Crippen molar-refractivity contribution in [3.63, 3.8) is 0 Å². The van der Waals surface area contributed by atoms with Gasteiger partial charge in [-0.1, -0.05) is 45.0 Å². The minimum Gasteiger partial charge on any atom is -0.355 e. The van der Waals surface area contributed by atoms with Crippen LogP contribution in [0.2, 0.25) is 0 Å². The molecule has 1 aliphatic carbocycles. The molecule has 0 aliphatic heterocycles. The summed E-state index contributed by atoms with van der Waals surface area (Å²) in [5.41, 5.74) is 1.14. The lowest BCUT2D eigenvalue weighted by atomic mass is 9.95. The third kappa shape index (κ3) is 3.38. The molecule has 0 aromatic heterocycles. The van der Waals surface area contributed by atoms with Crippen molar-refractivity contribution < 1.29 is 14.4 Å². The van der Waals surface area contributed by atoms with Crippen molar-refractivity contribution in [1.82, 2.24) is 5.32 Å². The summed E-state index contributed by atoms with van der Waals surface area (Å²) < 4.78 is 0. The number of ketones is 2. The highest BCUT2D eigenvalue weighted by molar-refractivity contribution is 6.14. The Hall–Kier alpha value is -1.97. The van der Waals surface area contributed by atoms with Crippen molar-refractivity contribution in [2.24, 2.45) is 11.3 Å². The number of nitrogens with one attached hydrogen (secondary N) is 1. The van der Waals surface area contributed by atoms with E-state index < -0.39 is 11.3 Å². The average molecular weight is 287 g/mol. The lowest BCUT2D eigenvalue weighted by molar-refractivity contribution is -0.128. The zero-order valence-electron chi connectivity index (χ0n) is 12.7. The SMILES string of the molecule is CC(C)(C)C(=O)NCCC(=O)C1Cc2ccccc2C1=O. The molecule has 0 spiro atoms. The van der Waals surface area contributed by atoms with Gasteiger partial charge >= 0.3 is 0 Å². The molecule has 0 fully saturated rings. The molecule has 0 radical (unpaired) electrons. The van der Waals surface area contributed by atoms with Crippen molar-refractivity contribution in [1.29, 1.82) is 0 Å². The molecule has 0 heterocycles. The minimum absolute atomic E-state index is 0.0854. The summed E-state index contributed by atoms with van der Waals surface area (Å²) in [5, 5.41) is 2.74. The Morgan fingerprint density at radius 3 is 2.52 bits per heavy atom. The van der Waals surface area contributed by atoms with E-state index in [0.717, 1.165) is 5.56 Å². The smallest absolute Gasteiger partial charge is 0.225 e. The normalized spacial score (nSPS) is 17.5. The largest absolute Gasteiger partial charge is 0.355 e. The quantitative estimate of drug-likeness (QED) is 0.863. The van der Waals surface area contributed by atoms with Crippen LogP contribution in [0.25, 0.3) is 0 Å². The molecule has 0 saturated heterocycles. The molecular weight excluding hydrogens is 266 g/mol. The Morgan fingerprint density at radius 1 is 1.24 bits per heavy atom. The fourth-order valence-corrected chi connectivity index (χ4v) is 2.44. The second-order valence-corrected chi connectivity index (χ2v) is 6.50. The molecule has 4 heteroatoms. The molecule has 1 N–H and O–H groups in total. The predicted octanol–water partition coefficient (Wildman–Crippen LogP) is 2.16. The van der Waals surface area contributed by atoms with Gasteiger partial charge in [0.25, 0.3) is 0 Å². The number of hydrogen-bond donors (Lipinski definition) is 1. The van der Waals surface area contributed by atoms with Gasteiger partial charge in [0, 0.05) is 23.9 Å². The molecule has 21 heavy (non-hydrogen) atoms. The summed E-state index contributed by atoms with van der Waals surface area (Å²) in [7, 11) is 0. The third-order valence-electron chi connectivity index (χ3n) is 3.75. The topological polar surface area (TPSA) is 63.2 Å². The lowest BCUT2D eigenvalue weighted by Gasteiger charge is -2.17. The summed E-state index contributed by atoms with van der Waals surface area (Å²) in [4.78, 5) is 36.1. The Kier molecular flexibility index (Phi) is 4.26. The Bertz CT molecular complexity index is 584. The van der Waals surface area contributed by atoms with Gasteiger partial charge in [-0.25, -0.2) is 0 Å². The van der Waals surface area contributed by atoms with E-state index in [-0.39, 0.29) is 30.4 Å². The summed E-state index contributed by atoms with van der Waals surface area (Å²) in [5.74, 6) is -0.839. The van der Waals surface area contributed by atoms with Gasteiger partial charge in [0.1, 0.15) is 5.78 Å². The maximum absolute atomic E-state index is 12.2. The monoisotopic (exact) mass is 287 g/mol. The summed E-state index contributed by atoms with van der Waals surface area (Å²) in [6.45, 7) is 5.75. The van der Waals surface area contributed by atoms with E-state index in [1.165, 1.54) is 0 Å². The van der Waals surface area contributed by atoms with Gasteiger partial charge in [-0.05, 0) is 12.0 Å². The van der Waals surface area contributed by atoms with Gasteiger partial charge in [-0.15, -0.1) is 0 Å². The number of hydrogen-bond acceptors (Lipinski definition) is 3. The minimum atomic E-state index is -0.575. The van der Waals surface area contributed by atoms with Crippen LogP contribution in [0, 0.1) is 11.3 Å². The fourth-order valence-electron chi connectivity index (χ4n) is 2.44. The molecule has 1 aromatic carbocycles. The molecule has 1 aromatic rings. The van der Waals surface area contributed by atoms with Crippen LogP contribution in [0.1, 0.15) is 43.1 Å².